The third kappa shape index (κ3) is 4.76. The lowest BCUT2D eigenvalue weighted by atomic mass is 9.66. The molecule has 0 bridgehead atoms. The second-order valence-electron chi connectivity index (χ2n) is 8.66. The molecular weight excluding hydrogens is 429 g/mol. The van der Waals surface area contributed by atoms with E-state index in [1.807, 2.05) is 12.1 Å². The Morgan fingerprint density at radius 1 is 1.25 bits per heavy atom. The van der Waals surface area contributed by atoms with Gasteiger partial charge in [0.2, 0.25) is 5.91 Å². The fourth-order valence-corrected chi connectivity index (χ4v) is 4.40. The summed E-state index contributed by atoms with van der Waals surface area (Å²) in [4.78, 5) is 21.5. The Balaban J connectivity index is 1.37. The van der Waals surface area contributed by atoms with Crippen molar-refractivity contribution in [2.45, 2.75) is 50.6 Å². The second kappa shape index (κ2) is 8.87. The van der Waals surface area contributed by atoms with Crippen molar-refractivity contribution in [2.75, 3.05) is 11.9 Å². The molecule has 0 spiro atoms. The van der Waals surface area contributed by atoms with Crippen molar-refractivity contribution in [1.82, 2.24) is 25.5 Å². The highest BCUT2D eigenvalue weighted by Crippen LogP contribution is 2.43. The molecule has 3 aromatic rings. The molecule has 0 saturated heterocycles. The Bertz CT molecular complexity index is 1090. The van der Waals surface area contributed by atoms with Crippen LogP contribution in [0.15, 0.2) is 36.7 Å². The van der Waals surface area contributed by atoms with Crippen LogP contribution in [0.3, 0.4) is 0 Å². The highest BCUT2D eigenvalue weighted by molar-refractivity contribution is 7.15. The number of thiazole rings is 1. The predicted octanol–water partition coefficient (Wildman–Crippen LogP) is 3.02. The third-order valence-corrected chi connectivity index (χ3v) is 6.64. The Morgan fingerprint density at radius 3 is 2.69 bits per heavy atom. The molecule has 4 N–H and O–H groups in total. The Morgan fingerprint density at radius 2 is 2.06 bits per heavy atom. The first-order valence-electron chi connectivity index (χ1n) is 10.5. The van der Waals surface area contributed by atoms with Crippen LogP contribution in [0.5, 0.6) is 0 Å². The molecule has 1 fully saturated rings. The SMILES string of the molecule is CC(C)(N)C(=O)NCc1cnc(-c2ccc(NCC3(c4ncccc4F)CCC3)nn2)s1. The lowest BCUT2D eigenvalue weighted by Gasteiger charge is -2.41. The summed E-state index contributed by atoms with van der Waals surface area (Å²) in [5.41, 5.74) is 5.71. The normalized spacial score (nSPS) is 15.1. The number of nitrogens with one attached hydrogen (secondary N) is 2. The summed E-state index contributed by atoms with van der Waals surface area (Å²) in [6, 6.07) is 6.75. The van der Waals surface area contributed by atoms with E-state index in [9.17, 15) is 9.18 Å². The zero-order chi connectivity index (χ0) is 22.8. The van der Waals surface area contributed by atoms with E-state index >= 15 is 0 Å². The molecule has 0 atom stereocenters. The maximum atomic E-state index is 14.3. The zero-order valence-electron chi connectivity index (χ0n) is 18.1. The molecule has 0 unspecified atom stereocenters. The van der Waals surface area contributed by atoms with Crippen molar-refractivity contribution in [1.29, 1.82) is 0 Å². The van der Waals surface area contributed by atoms with Crippen molar-refractivity contribution < 1.29 is 9.18 Å². The van der Waals surface area contributed by atoms with Crippen molar-refractivity contribution in [3.63, 3.8) is 0 Å². The molecule has 0 aromatic carbocycles. The molecule has 10 heteroatoms. The molecule has 3 heterocycles. The van der Waals surface area contributed by atoms with Gasteiger partial charge in [0.15, 0.2) is 0 Å². The number of aromatic nitrogens is 4. The number of carbonyl (C=O) groups excluding carboxylic acids is 1. The van der Waals surface area contributed by atoms with Crippen LogP contribution < -0.4 is 16.4 Å². The van der Waals surface area contributed by atoms with Gasteiger partial charge in [-0.2, -0.15) is 0 Å². The average Bonchev–Trinajstić information content (AvgIpc) is 3.21. The van der Waals surface area contributed by atoms with Crippen LogP contribution in [-0.2, 0) is 16.8 Å². The van der Waals surface area contributed by atoms with Gasteiger partial charge >= 0.3 is 0 Å². The monoisotopic (exact) mass is 455 g/mol. The van der Waals surface area contributed by atoms with E-state index in [4.69, 9.17) is 5.73 Å². The number of pyridine rings is 1. The molecule has 1 saturated carbocycles. The van der Waals surface area contributed by atoms with Crippen LogP contribution in [-0.4, -0.2) is 38.2 Å². The molecule has 4 rings (SSSR count). The standard InChI is InChI=1S/C22H26FN7OS/c1-21(2,24)20(31)27-12-14-11-26-19(32-14)16-6-7-17(30-29-16)28-13-22(8-4-9-22)18-15(23)5-3-10-25-18/h3,5-7,10-11H,4,8-9,12-13,24H2,1-2H3,(H,27,31)(H,28,30). The molecule has 32 heavy (non-hydrogen) atoms. The van der Waals surface area contributed by atoms with Gasteiger partial charge in [0, 0.05) is 29.2 Å². The quantitative estimate of drug-likeness (QED) is 0.478. The second-order valence-corrected chi connectivity index (χ2v) is 9.78. The summed E-state index contributed by atoms with van der Waals surface area (Å²) in [6.07, 6.45) is 6.17. The van der Waals surface area contributed by atoms with Crippen LogP contribution in [0.2, 0.25) is 0 Å². The van der Waals surface area contributed by atoms with Gasteiger partial charge in [0.05, 0.1) is 17.8 Å². The number of rotatable bonds is 8. The molecule has 1 aliphatic carbocycles. The number of nitrogens with two attached hydrogens (primary N) is 1. The van der Waals surface area contributed by atoms with Crippen molar-refractivity contribution in [3.05, 3.63) is 53.0 Å². The Kier molecular flexibility index (Phi) is 6.16. The average molecular weight is 456 g/mol. The molecule has 1 aliphatic rings. The van der Waals surface area contributed by atoms with Gasteiger partial charge in [-0.25, -0.2) is 9.37 Å². The summed E-state index contributed by atoms with van der Waals surface area (Å²) in [5, 5.41) is 15.3. The lowest BCUT2D eigenvalue weighted by molar-refractivity contribution is -0.125. The van der Waals surface area contributed by atoms with Gasteiger partial charge in [-0.15, -0.1) is 21.5 Å². The number of hydrogen-bond donors (Lipinski definition) is 3. The Labute approximate surface area is 189 Å². The topological polar surface area (TPSA) is 119 Å². The third-order valence-electron chi connectivity index (χ3n) is 5.62. The first-order valence-corrected chi connectivity index (χ1v) is 11.3. The Hall–Kier alpha value is -2.98. The highest BCUT2D eigenvalue weighted by Gasteiger charge is 2.41. The van der Waals surface area contributed by atoms with Gasteiger partial charge in [0.1, 0.15) is 22.3 Å². The molecule has 8 nitrogen and oxygen atoms in total. The van der Waals surface area contributed by atoms with E-state index in [0.29, 0.717) is 35.3 Å². The minimum atomic E-state index is -0.928. The minimum Gasteiger partial charge on any atom is -0.368 e. The van der Waals surface area contributed by atoms with E-state index in [0.717, 1.165) is 24.1 Å². The van der Waals surface area contributed by atoms with Gasteiger partial charge in [-0.3, -0.25) is 9.78 Å². The van der Waals surface area contributed by atoms with Crippen molar-refractivity contribution in [3.8, 4) is 10.7 Å². The van der Waals surface area contributed by atoms with Gasteiger partial charge in [-0.1, -0.05) is 6.42 Å². The zero-order valence-corrected chi connectivity index (χ0v) is 18.9. The number of halogens is 1. The molecule has 168 valence electrons. The molecule has 0 aliphatic heterocycles. The fourth-order valence-electron chi connectivity index (χ4n) is 3.58. The number of anilines is 1. The van der Waals surface area contributed by atoms with E-state index in [1.165, 1.54) is 17.4 Å². The van der Waals surface area contributed by atoms with Gasteiger partial charge in [-0.05, 0) is 51.0 Å². The summed E-state index contributed by atoms with van der Waals surface area (Å²) in [7, 11) is 0. The minimum absolute atomic E-state index is 0.225. The molecule has 1 amide bonds. The van der Waals surface area contributed by atoms with E-state index in [2.05, 4.69) is 30.8 Å². The van der Waals surface area contributed by atoms with E-state index in [1.54, 1.807) is 32.3 Å². The van der Waals surface area contributed by atoms with Crippen LogP contribution in [0.4, 0.5) is 10.2 Å². The first-order chi connectivity index (χ1) is 15.3. The van der Waals surface area contributed by atoms with Gasteiger partial charge < -0.3 is 16.4 Å². The smallest absolute Gasteiger partial charge is 0.239 e. The summed E-state index contributed by atoms with van der Waals surface area (Å²) in [5.74, 6) is 0.129. The largest absolute Gasteiger partial charge is 0.368 e. The number of amides is 1. The maximum absolute atomic E-state index is 14.3. The summed E-state index contributed by atoms with van der Waals surface area (Å²) >= 11 is 1.43. The van der Waals surface area contributed by atoms with E-state index in [-0.39, 0.29) is 17.1 Å². The van der Waals surface area contributed by atoms with Crippen LogP contribution >= 0.6 is 11.3 Å². The molecule has 3 aromatic heterocycles. The summed E-state index contributed by atoms with van der Waals surface area (Å²) in [6.45, 7) is 4.22. The highest BCUT2D eigenvalue weighted by atomic mass is 32.1. The first kappa shape index (κ1) is 22.2. The number of nitrogens with zero attached hydrogens (tertiary/aromatic N) is 4. The van der Waals surface area contributed by atoms with Crippen molar-refractivity contribution in [2.24, 2.45) is 5.73 Å². The van der Waals surface area contributed by atoms with Crippen LogP contribution in [0.25, 0.3) is 10.7 Å². The number of carbonyl (C=O) groups is 1. The molecule has 0 radical (unpaired) electrons. The molecular formula is C22H26FN7OS. The maximum Gasteiger partial charge on any atom is 0.239 e. The summed E-state index contributed by atoms with van der Waals surface area (Å²) < 4.78 is 14.3. The van der Waals surface area contributed by atoms with E-state index < -0.39 is 5.54 Å². The number of hydrogen-bond acceptors (Lipinski definition) is 8. The predicted molar refractivity (Wildman–Crippen MR) is 121 cm³/mol. The fraction of sp³-hybridized carbons (Fsp3) is 0.409. The van der Waals surface area contributed by atoms with Crippen molar-refractivity contribution >= 4 is 23.1 Å². The van der Waals surface area contributed by atoms with Gasteiger partial charge in [0.25, 0.3) is 0 Å². The van der Waals surface area contributed by atoms with Crippen LogP contribution in [0, 0.1) is 5.82 Å². The lowest BCUT2D eigenvalue weighted by Crippen LogP contribution is -2.48. The van der Waals surface area contributed by atoms with Crippen LogP contribution in [0.1, 0.15) is 43.7 Å².